The first-order valence-electron chi connectivity index (χ1n) is 9.05. The number of carbonyl (C=O) groups is 1. The molecule has 0 bridgehead atoms. The minimum absolute atomic E-state index is 0.0812. The highest BCUT2D eigenvalue weighted by Gasteiger charge is 2.25. The maximum Gasteiger partial charge on any atom is 0.223 e. The van der Waals surface area contributed by atoms with Gasteiger partial charge in [-0.1, -0.05) is 18.6 Å². The van der Waals surface area contributed by atoms with Gasteiger partial charge in [0.2, 0.25) is 5.91 Å². The molecule has 1 aliphatic rings. The Labute approximate surface area is 143 Å². The summed E-state index contributed by atoms with van der Waals surface area (Å²) in [4.78, 5) is 17.1. The third-order valence-electron chi connectivity index (χ3n) is 4.92. The fraction of sp³-hybridized carbons (Fsp3) is 0.579. The van der Waals surface area contributed by atoms with Crippen molar-refractivity contribution in [3.63, 3.8) is 0 Å². The molecule has 1 aromatic heterocycles. The van der Waals surface area contributed by atoms with Gasteiger partial charge in [-0.15, -0.1) is 0 Å². The summed E-state index contributed by atoms with van der Waals surface area (Å²) >= 11 is 0. The van der Waals surface area contributed by atoms with Crippen LogP contribution in [0, 0.1) is 5.92 Å². The number of aromatic nitrogens is 2. The highest BCUT2D eigenvalue weighted by atomic mass is 16.1. The van der Waals surface area contributed by atoms with Crippen molar-refractivity contribution in [3.8, 4) is 0 Å². The van der Waals surface area contributed by atoms with Gasteiger partial charge in [-0.05, 0) is 45.2 Å². The SMILES string of the molecule is CC(C)n1c(CCNC(=O)C2CCCC(N)C2)nc2ccccc21. The van der Waals surface area contributed by atoms with E-state index in [1.807, 2.05) is 18.2 Å². The first-order chi connectivity index (χ1) is 11.6. The van der Waals surface area contributed by atoms with Crippen LogP contribution >= 0.6 is 0 Å². The lowest BCUT2D eigenvalue weighted by Crippen LogP contribution is -2.38. The second-order valence-corrected chi connectivity index (χ2v) is 7.15. The number of nitrogens with two attached hydrogens (primary N) is 1. The minimum Gasteiger partial charge on any atom is -0.355 e. The lowest BCUT2D eigenvalue weighted by molar-refractivity contribution is -0.126. The van der Waals surface area contributed by atoms with E-state index in [0.29, 0.717) is 12.6 Å². The van der Waals surface area contributed by atoms with E-state index in [-0.39, 0.29) is 17.9 Å². The molecule has 1 fully saturated rings. The maximum absolute atomic E-state index is 12.3. The van der Waals surface area contributed by atoms with E-state index < -0.39 is 0 Å². The van der Waals surface area contributed by atoms with Crippen molar-refractivity contribution in [2.24, 2.45) is 11.7 Å². The van der Waals surface area contributed by atoms with Crippen LogP contribution in [0.15, 0.2) is 24.3 Å². The highest BCUT2D eigenvalue weighted by Crippen LogP contribution is 2.23. The molecule has 2 unspecified atom stereocenters. The summed E-state index contributed by atoms with van der Waals surface area (Å²) in [5, 5.41) is 3.08. The Hall–Kier alpha value is -1.88. The van der Waals surface area contributed by atoms with Crippen LogP contribution in [0.25, 0.3) is 11.0 Å². The quantitative estimate of drug-likeness (QED) is 0.886. The number of benzene rings is 1. The van der Waals surface area contributed by atoms with E-state index >= 15 is 0 Å². The number of nitrogens with zero attached hydrogens (tertiary/aromatic N) is 2. The fourth-order valence-corrected chi connectivity index (χ4v) is 3.75. The smallest absolute Gasteiger partial charge is 0.223 e. The van der Waals surface area contributed by atoms with Gasteiger partial charge < -0.3 is 15.6 Å². The van der Waals surface area contributed by atoms with Crippen LogP contribution in [-0.2, 0) is 11.2 Å². The summed E-state index contributed by atoms with van der Waals surface area (Å²) in [6.07, 6.45) is 4.63. The standard InChI is InChI=1S/C19H28N4O/c1-13(2)23-17-9-4-3-8-16(17)22-18(23)10-11-21-19(24)14-6-5-7-15(20)12-14/h3-4,8-9,13-15H,5-7,10-12,20H2,1-2H3,(H,21,24). The van der Waals surface area contributed by atoms with Crippen LogP contribution in [0.4, 0.5) is 0 Å². The van der Waals surface area contributed by atoms with Crippen molar-refractivity contribution in [2.45, 2.75) is 58.0 Å². The number of amides is 1. The van der Waals surface area contributed by atoms with Gasteiger partial charge in [-0.2, -0.15) is 0 Å². The van der Waals surface area contributed by atoms with E-state index in [2.05, 4.69) is 29.8 Å². The average Bonchev–Trinajstić information content (AvgIpc) is 2.93. The molecule has 0 spiro atoms. The fourth-order valence-electron chi connectivity index (χ4n) is 3.75. The van der Waals surface area contributed by atoms with Crippen LogP contribution in [0.5, 0.6) is 0 Å². The predicted molar refractivity (Wildman–Crippen MR) is 96.8 cm³/mol. The van der Waals surface area contributed by atoms with Gasteiger partial charge in [0.05, 0.1) is 11.0 Å². The molecule has 24 heavy (non-hydrogen) atoms. The van der Waals surface area contributed by atoms with Gasteiger partial charge in [0.15, 0.2) is 0 Å². The van der Waals surface area contributed by atoms with E-state index in [0.717, 1.165) is 49.0 Å². The molecule has 1 heterocycles. The molecule has 1 aliphatic carbocycles. The monoisotopic (exact) mass is 328 g/mol. The predicted octanol–water partition coefficient (Wildman–Crippen LogP) is 2.79. The molecular weight excluding hydrogens is 300 g/mol. The number of hydrogen-bond acceptors (Lipinski definition) is 3. The molecule has 1 saturated carbocycles. The largest absolute Gasteiger partial charge is 0.355 e. The molecule has 0 aliphatic heterocycles. The normalized spacial score (nSPS) is 21.3. The van der Waals surface area contributed by atoms with Gasteiger partial charge >= 0.3 is 0 Å². The summed E-state index contributed by atoms with van der Waals surface area (Å²) in [6.45, 7) is 4.96. The Bertz CT molecular complexity index is 706. The Balaban J connectivity index is 1.63. The van der Waals surface area contributed by atoms with E-state index in [9.17, 15) is 4.79 Å². The van der Waals surface area contributed by atoms with Crippen LogP contribution in [0.3, 0.4) is 0 Å². The highest BCUT2D eigenvalue weighted by molar-refractivity contribution is 5.79. The van der Waals surface area contributed by atoms with Crippen LogP contribution < -0.4 is 11.1 Å². The molecule has 5 nitrogen and oxygen atoms in total. The number of carbonyl (C=O) groups excluding carboxylic acids is 1. The number of para-hydroxylation sites is 2. The Morgan fingerprint density at radius 1 is 1.38 bits per heavy atom. The molecule has 5 heteroatoms. The van der Waals surface area contributed by atoms with Gasteiger partial charge in [-0.25, -0.2) is 4.98 Å². The second-order valence-electron chi connectivity index (χ2n) is 7.15. The van der Waals surface area contributed by atoms with Crippen molar-refractivity contribution in [1.29, 1.82) is 0 Å². The molecule has 2 atom stereocenters. The minimum atomic E-state index is 0.0812. The molecule has 1 aromatic carbocycles. The number of nitrogens with one attached hydrogen (secondary N) is 1. The first kappa shape index (κ1) is 17.0. The van der Waals surface area contributed by atoms with Gasteiger partial charge in [-0.3, -0.25) is 4.79 Å². The third kappa shape index (κ3) is 3.61. The van der Waals surface area contributed by atoms with Crippen molar-refractivity contribution >= 4 is 16.9 Å². The van der Waals surface area contributed by atoms with E-state index in [4.69, 9.17) is 10.7 Å². The van der Waals surface area contributed by atoms with Crippen molar-refractivity contribution < 1.29 is 4.79 Å². The zero-order valence-electron chi connectivity index (χ0n) is 14.7. The molecule has 0 radical (unpaired) electrons. The summed E-state index contributed by atoms with van der Waals surface area (Å²) in [5.41, 5.74) is 8.16. The van der Waals surface area contributed by atoms with Crippen molar-refractivity contribution in [1.82, 2.24) is 14.9 Å². The zero-order valence-corrected chi connectivity index (χ0v) is 14.7. The second kappa shape index (κ2) is 7.34. The summed E-state index contributed by atoms with van der Waals surface area (Å²) in [7, 11) is 0. The maximum atomic E-state index is 12.3. The average molecular weight is 328 g/mol. The van der Waals surface area contributed by atoms with Crippen molar-refractivity contribution in [3.05, 3.63) is 30.1 Å². The molecule has 0 saturated heterocycles. The van der Waals surface area contributed by atoms with Crippen LogP contribution in [-0.4, -0.2) is 28.0 Å². The Morgan fingerprint density at radius 3 is 2.92 bits per heavy atom. The number of rotatable bonds is 5. The van der Waals surface area contributed by atoms with E-state index in [1.165, 1.54) is 0 Å². The lowest BCUT2D eigenvalue weighted by Gasteiger charge is -2.25. The molecule has 1 amide bonds. The van der Waals surface area contributed by atoms with Gasteiger partial charge in [0, 0.05) is 31.0 Å². The topological polar surface area (TPSA) is 72.9 Å². The van der Waals surface area contributed by atoms with Crippen LogP contribution in [0.1, 0.15) is 51.4 Å². The Morgan fingerprint density at radius 2 is 2.17 bits per heavy atom. The third-order valence-corrected chi connectivity index (χ3v) is 4.92. The molecule has 3 N–H and O–H groups in total. The van der Waals surface area contributed by atoms with Gasteiger partial charge in [0.25, 0.3) is 0 Å². The first-order valence-corrected chi connectivity index (χ1v) is 9.05. The summed E-state index contributed by atoms with van der Waals surface area (Å²) in [5.74, 6) is 1.27. The van der Waals surface area contributed by atoms with Gasteiger partial charge in [0.1, 0.15) is 5.82 Å². The summed E-state index contributed by atoms with van der Waals surface area (Å²) < 4.78 is 2.26. The number of fused-ring (bicyclic) bond motifs is 1. The number of hydrogen-bond donors (Lipinski definition) is 2. The Kier molecular flexibility index (Phi) is 5.19. The molecular formula is C19H28N4O. The zero-order chi connectivity index (χ0) is 17.1. The number of imidazole rings is 1. The van der Waals surface area contributed by atoms with E-state index in [1.54, 1.807) is 0 Å². The summed E-state index contributed by atoms with van der Waals surface area (Å²) in [6, 6.07) is 8.73. The lowest BCUT2D eigenvalue weighted by atomic mass is 9.85. The molecule has 130 valence electrons. The molecule has 3 rings (SSSR count). The van der Waals surface area contributed by atoms with Crippen molar-refractivity contribution in [2.75, 3.05) is 6.54 Å². The van der Waals surface area contributed by atoms with Crippen LogP contribution in [0.2, 0.25) is 0 Å². The molecule has 2 aromatic rings.